The summed E-state index contributed by atoms with van der Waals surface area (Å²) in [6, 6.07) is 0. The molecule has 0 aliphatic rings. The van der Waals surface area contributed by atoms with Crippen LogP contribution < -0.4 is 5.73 Å². The molecule has 0 fully saturated rings. The lowest BCUT2D eigenvalue weighted by atomic mass is 10.4. The third-order valence-corrected chi connectivity index (χ3v) is 1.61. The van der Waals surface area contributed by atoms with Gasteiger partial charge in [-0.1, -0.05) is 15.9 Å². The molecule has 0 heterocycles. The lowest BCUT2D eigenvalue weighted by Crippen LogP contribution is -2.28. The van der Waals surface area contributed by atoms with Crippen LogP contribution in [0.2, 0.25) is 0 Å². The minimum absolute atomic E-state index is 0.408. The Morgan fingerprint density at radius 2 is 2.40 bits per heavy atom. The molecule has 4 heteroatoms. The van der Waals surface area contributed by atoms with Gasteiger partial charge in [0.2, 0.25) is 5.91 Å². The number of rotatable bonds is 5. The van der Waals surface area contributed by atoms with Gasteiger partial charge in [0, 0.05) is 11.9 Å². The number of nitrogens with two attached hydrogens (primary N) is 1. The minimum atomic E-state index is -0.459. The number of ether oxygens (including phenoxy) is 1. The Labute approximate surface area is 69.0 Å². The maximum atomic E-state index is 10.4. The van der Waals surface area contributed by atoms with E-state index >= 15 is 0 Å². The van der Waals surface area contributed by atoms with Gasteiger partial charge in [0.25, 0.3) is 0 Å². The summed E-state index contributed by atoms with van der Waals surface area (Å²) in [5.41, 5.74) is 4.94. The van der Waals surface area contributed by atoms with E-state index in [2.05, 4.69) is 15.9 Å². The first-order valence-electron chi connectivity index (χ1n) is 3.15. The van der Waals surface area contributed by atoms with E-state index in [1.165, 1.54) is 0 Å². The standard InChI is InChI=1S/C6H12BrNO2/c1-5(6(8)9)10-4-2-3-7/h5H,2-4H2,1H3,(H2,8,9). The lowest BCUT2D eigenvalue weighted by molar-refractivity contribution is -0.128. The third-order valence-electron chi connectivity index (χ3n) is 1.05. The smallest absolute Gasteiger partial charge is 0.246 e. The second-order valence-electron chi connectivity index (χ2n) is 1.96. The van der Waals surface area contributed by atoms with Crippen LogP contribution in [-0.4, -0.2) is 23.9 Å². The van der Waals surface area contributed by atoms with E-state index in [0.29, 0.717) is 6.61 Å². The van der Waals surface area contributed by atoms with E-state index < -0.39 is 12.0 Å². The van der Waals surface area contributed by atoms with Crippen LogP contribution in [0.4, 0.5) is 0 Å². The molecule has 10 heavy (non-hydrogen) atoms. The molecule has 3 nitrogen and oxygen atoms in total. The Balaban J connectivity index is 3.21. The number of primary amides is 1. The minimum Gasteiger partial charge on any atom is -0.369 e. The predicted octanol–water partition coefficient (Wildman–Crippen LogP) is 0.662. The quantitative estimate of drug-likeness (QED) is 0.535. The highest BCUT2D eigenvalue weighted by Crippen LogP contribution is 1.93. The van der Waals surface area contributed by atoms with Gasteiger partial charge < -0.3 is 10.5 Å². The lowest BCUT2D eigenvalue weighted by Gasteiger charge is -2.06. The van der Waals surface area contributed by atoms with E-state index in [4.69, 9.17) is 10.5 Å². The van der Waals surface area contributed by atoms with Crippen molar-refractivity contribution >= 4 is 21.8 Å². The average molecular weight is 210 g/mol. The van der Waals surface area contributed by atoms with E-state index in [1.54, 1.807) is 6.92 Å². The molecule has 0 aromatic rings. The first kappa shape index (κ1) is 9.91. The monoisotopic (exact) mass is 209 g/mol. The van der Waals surface area contributed by atoms with Crippen molar-refractivity contribution in [2.75, 3.05) is 11.9 Å². The average Bonchev–Trinajstić information content (AvgIpc) is 1.88. The normalized spacial score (nSPS) is 13.0. The number of amides is 1. The zero-order chi connectivity index (χ0) is 7.98. The van der Waals surface area contributed by atoms with Gasteiger partial charge in [0.1, 0.15) is 6.10 Å². The van der Waals surface area contributed by atoms with Crippen molar-refractivity contribution in [2.45, 2.75) is 19.4 Å². The summed E-state index contributed by atoms with van der Waals surface area (Å²) < 4.78 is 5.04. The molecule has 0 radical (unpaired) electrons. The molecule has 1 atom stereocenters. The van der Waals surface area contributed by atoms with Crippen molar-refractivity contribution < 1.29 is 9.53 Å². The molecule has 0 saturated carbocycles. The first-order chi connectivity index (χ1) is 4.68. The number of hydrogen-bond donors (Lipinski definition) is 1. The first-order valence-corrected chi connectivity index (χ1v) is 4.27. The molecule has 1 amide bonds. The van der Waals surface area contributed by atoms with Crippen LogP contribution in [0, 0.1) is 0 Å². The molecule has 0 aromatic carbocycles. The number of alkyl halides is 1. The SMILES string of the molecule is CC(OCCCBr)C(N)=O. The van der Waals surface area contributed by atoms with E-state index in [9.17, 15) is 4.79 Å². The van der Waals surface area contributed by atoms with Gasteiger partial charge in [0.05, 0.1) is 0 Å². The van der Waals surface area contributed by atoms with Gasteiger partial charge in [-0.25, -0.2) is 0 Å². The summed E-state index contributed by atoms with van der Waals surface area (Å²) >= 11 is 3.24. The van der Waals surface area contributed by atoms with Crippen molar-refractivity contribution in [3.63, 3.8) is 0 Å². The van der Waals surface area contributed by atoms with E-state index in [-0.39, 0.29) is 0 Å². The topological polar surface area (TPSA) is 52.3 Å². The van der Waals surface area contributed by atoms with Crippen molar-refractivity contribution in [3.8, 4) is 0 Å². The molecular weight excluding hydrogens is 198 g/mol. The highest BCUT2D eigenvalue weighted by atomic mass is 79.9. The molecule has 60 valence electrons. The highest BCUT2D eigenvalue weighted by Gasteiger charge is 2.06. The summed E-state index contributed by atoms with van der Waals surface area (Å²) in [6.45, 7) is 2.23. The summed E-state index contributed by atoms with van der Waals surface area (Å²) in [5.74, 6) is -0.408. The van der Waals surface area contributed by atoms with Gasteiger partial charge in [-0.15, -0.1) is 0 Å². The van der Waals surface area contributed by atoms with Crippen LogP contribution in [0.25, 0.3) is 0 Å². The van der Waals surface area contributed by atoms with Crippen LogP contribution in [0.1, 0.15) is 13.3 Å². The summed E-state index contributed by atoms with van der Waals surface area (Å²) in [6.07, 6.45) is 0.441. The zero-order valence-corrected chi connectivity index (χ0v) is 7.56. The second-order valence-corrected chi connectivity index (χ2v) is 2.75. The fourth-order valence-electron chi connectivity index (χ4n) is 0.397. The van der Waals surface area contributed by atoms with Gasteiger partial charge in [-0.2, -0.15) is 0 Å². The largest absolute Gasteiger partial charge is 0.369 e. The number of carbonyl (C=O) groups excluding carboxylic acids is 1. The number of hydrogen-bond acceptors (Lipinski definition) is 2. The Morgan fingerprint density at radius 3 is 2.80 bits per heavy atom. The van der Waals surface area contributed by atoms with Crippen molar-refractivity contribution in [2.24, 2.45) is 5.73 Å². The molecule has 0 aromatic heterocycles. The van der Waals surface area contributed by atoms with Crippen LogP contribution in [0.3, 0.4) is 0 Å². The Bertz CT molecular complexity index is 108. The molecular formula is C6H12BrNO2. The fourth-order valence-corrected chi connectivity index (χ4v) is 0.626. The van der Waals surface area contributed by atoms with E-state index in [0.717, 1.165) is 11.8 Å². The van der Waals surface area contributed by atoms with Gasteiger partial charge in [-0.3, -0.25) is 4.79 Å². The molecule has 0 aliphatic heterocycles. The van der Waals surface area contributed by atoms with Gasteiger partial charge >= 0.3 is 0 Å². The van der Waals surface area contributed by atoms with Crippen LogP contribution in [0.15, 0.2) is 0 Å². The predicted molar refractivity (Wildman–Crippen MR) is 43.0 cm³/mol. The van der Waals surface area contributed by atoms with Gasteiger partial charge in [-0.05, 0) is 13.3 Å². The fraction of sp³-hybridized carbons (Fsp3) is 0.833. The molecule has 2 N–H and O–H groups in total. The van der Waals surface area contributed by atoms with Gasteiger partial charge in [0.15, 0.2) is 0 Å². The van der Waals surface area contributed by atoms with Crippen molar-refractivity contribution in [3.05, 3.63) is 0 Å². The zero-order valence-electron chi connectivity index (χ0n) is 5.97. The molecule has 0 bridgehead atoms. The molecule has 0 rings (SSSR count). The van der Waals surface area contributed by atoms with Crippen LogP contribution in [-0.2, 0) is 9.53 Å². The van der Waals surface area contributed by atoms with Crippen molar-refractivity contribution in [1.29, 1.82) is 0 Å². The highest BCUT2D eigenvalue weighted by molar-refractivity contribution is 9.09. The molecule has 0 aliphatic carbocycles. The molecule has 1 unspecified atom stereocenters. The third kappa shape index (κ3) is 4.76. The second kappa shape index (κ2) is 5.68. The Morgan fingerprint density at radius 1 is 1.80 bits per heavy atom. The molecule has 0 saturated heterocycles. The maximum absolute atomic E-state index is 10.4. The Hall–Kier alpha value is -0.0900. The van der Waals surface area contributed by atoms with Crippen LogP contribution in [0.5, 0.6) is 0 Å². The summed E-state index contributed by atoms with van der Waals surface area (Å²) in [5, 5.41) is 0.887. The Kier molecular flexibility index (Phi) is 5.63. The van der Waals surface area contributed by atoms with E-state index in [1.807, 2.05) is 0 Å². The van der Waals surface area contributed by atoms with Crippen LogP contribution >= 0.6 is 15.9 Å². The summed E-state index contributed by atoms with van der Waals surface area (Å²) in [4.78, 5) is 10.4. The number of carbonyl (C=O) groups is 1. The summed E-state index contributed by atoms with van der Waals surface area (Å²) in [7, 11) is 0. The maximum Gasteiger partial charge on any atom is 0.246 e. The molecule has 0 spiro atoms. The number of halogens is 1. The van der Waals surface area contributed by atoms with Crippen molar-refractivity contribution in [1.82, 2.24) is 0 Å².